The van der Waals surface area contributed by atoms with Crippen molar-refractivity contribution in [2.75, 3.05) is 18.6 Å². The molecule has 18 heavy (non-hydrogen) atoms. The average Bonchev–Trinajstić information content (AvgIpc) is 2.24. The first kappa shape index (κ1) is 14.9. The Morgan fingerprint density at radius 2 is 2.11 bits per heavy atom. The normalized spacial score (nSPS) is 13.3. The molecular formula is C12H18FNO3S. The Hall–Kier alpha value is -1.14. The molecule has 0 aliphatic heterocycles. The van der Waals surface area contributed by atoms with E-state index in [4.69, 9.17) is 10.5 Å². The zero-order valence-electron chi connectivity index (χ0n) is 10.5. The highest BCUT2D eigenvalue weighted by Gasteiger charge is 2.10. The van der Waals surface area contributed by atoms with Gasteiger partial charge in [0.05, 0.1) is 12.4 Å². The van der Waals surface area contributed by atoms with Gasteiger partial charge in [0.15, 0.2) is 0 Å². The van der Waals surface area contributed by atoms with Crippen molar-refractivity contribution in [3.05, 3.63) is 29.6 Å². The van der Waals surface area contributed by atoms with Crippen molar-refractivity contribution >= 4 is 9.84 Å². The standard InChI is InChI=1S/C12H18FNO3S/c1-9(14)11-8-10(13)4-5-12(11)17-6-3-7-18(2,15)16/h4-5,8-9H,3,6-7,14H2,1-2H3. The summed E-state index contributed by atoms with van der Waals surface area (Å²) in [5.74, 6) is 0.201. The summed E-state index contributed by atoms with van der Waals surface area (Å²) < 4.78 is 40.4. The van der Waals surface area contributed by atoms with Gasteiger partial charge in [-0.05, 0) is 31.5 Å². The second-order valence-electron chi connectivity index (χ2n) is 4.30. The molecule has 0 aliphatic rings. The second-order valence-corrected chi connectivity index (χ2v) is 6.56. The fourth-order valence-corrected chi connectivity index (χ4v) is 2.15. The fraction of sp³-hybridized carbons (Fsp3) is 0.500. The van der Waals surface area contributed by atoms with Crippen LogP contribution in [0.5, 0.6) is 5.75 Å². The van der Waals surface area contributed by atoms with Crippen molar-refractivity contribution in [1.82, 2.24) is 0 Å². The zero-order chi connectivity index (χ0) is 13.8. The lowest BCUT2D eigenvalue weighted by Gasteiger charge is -2.13. The smallest absolute Gasteiger partial charge is 0.147 e. The van der Waals surface area contributed by atoms with Crippen LogP contribution in [0.15, 0.2) is 18.2 Å². The largest absolute Gasteiger partial charge is 0.493 e. The lowest BCUT2D eigenvalue weighted by molar-refractivity contribution is 0.312. The third-order valence-corrected chi connectivity index (χ3v) is 3.41. The maximum Gasteiger partial charge on any atom is 0.147 e. The number of benzene rings is 1. The number of rotatable bonds is 6. The topological polar surface area (TPSA) is 69.4 Å². The van der Waals surface area contributed by atoms with Crippen LogP contribution in [-0.4, -0.2) is 27.0 Å². The molecule has 0 radical (unpaired) electrons. The van der Waals surface area contributed by atoms with E-state index in [9.17, 15) is 12.8 Å². The van der Waals surface area contributed by atoms with Crippen LogP contribution < -0.4 is 10.5 Å². The molecule has 0 amide bonds. The molecule has 4 nitrogen and oxygen atoms in total. The van der Waals surface area contributed by atoms with E-state index in [1.807, 2.05) is 0 Å². The van der Waals surface area contributed by atoms with E-state index in [0.717, 1.165) is 0 Å². The molecule has 0 bridgehead atoms. The van der Waals surface area contributed by atoms with Crippen LogP contribution in [0.4, 0.5) is 4.39 Å². The van der Waals surface area contributed by atoms with Gasteiger partial charge in [-0.1, -0.05) is 0 Å². The van der Waals surface area contributed by atoms with E-state index in [0.29, 0.717) is 17.7 Å². The number of ether oxygens (including phenoxy) is 1. The molecule has 1 aromatic carbocycles. The first-order valence-electron chi connectivity index (χ1n) is 5.65. The van der Waals surface area contributed by atoms with E-state index in [1.54, 1.807) is 6.92 Å². The number of hydrogen-bond acceptors (Lipinski definition) is 4. The average molecular weight is 275 g/mol. The van der Waals surface area contributed by atoms with Crippen LogP contribution in [0.3, 0.4) is 0 Å². The summed E-state index contributed by atoms with van der Waals surface area (Å²) in [5, 5.41) is 0. The van der Waals surface area contributed by atoms with Crippen molar-refractivity contribution < 1.29 is 17.5 Å². The molecule has 2 N–H and O–H groups in total. The predicted molar refractivity (Wildman–Crippen MR) is 68.8 cm³/mol. The van der Waals surface area contributed by atoms with E-state index < -0.39 is 9.84 Å². The highest BCUT2D eigenvalue weighted by atomic mass is 32.2. The molecule has 0 aliphatic carbocycles. The molecule has 0 aromatic heterocycles. The Morgan fingerprint density at radius 3 is 2.67 bits per heavy atom. The number of sulfone groups is 1. The van der Waals surface area contributed by atoms with Gasteiger partial charge in [0.2, 0.25) is 0 Å². The van der Waals surface area contributed by atoms with Gasteiger partial charge >= 0.3 is 0 Å². The van der Waals surface area contributed by atoms with Crippen LogP contribution in [0.2, 0.25) is 0 Å². The number of hydrogen-bond donors (Lipinski definition) is 1. The molecule has 102 valence electrons. The lowest BCUT2D eigenvalue weighted by atomic mass is 10.1. The summed E-state index contributed by atoms with van der Waals surface area (Å²) in [7, 11) is -2.98. The maximum absolute atomic E-state index is 13.1. The third-order valence-electron chi connectivity index (χ3n) is 2.38. The molecule has 0 fully saturated rings. The second kappa shape index (κ2) is 6.15. The first-order valence-corrected chi connectivity index (χ1v) is 7.71. The van der Waals surface area contributed by atoms with Gasteiger partial charge in [-0.25, -0.2) is 12.8 Å². The summed E-state index contributed by atoms with van der Waals surface area (Å²) >= 11 is 0. The van der Waals surface area contributed by atoms with Gasteiger partial charge in [-0.15, -0.1) is 0 Å². The molecule has 1 aromatic rings. The van der Waals surface area contributed by atoms with Crippen LogP contribution in [0, 0.1) is 5.82 Å². The van der Waals surface area contributed by atoms with Gasteiger partial charge in [0.1, 0.15) is 21.4 Å². The van der Waals surface area contributed by atoms with Crippen LogP contribution in [0.1, 0.15) is 24.9 Å². The summed E-state index contributed by atoms with van der Waals surface area (Å²) in [6.07, 6.45) is 1.58. The quantitative estimate of drug-likeness (QED) is 0.802. The van der Waals surface area contributed by atoms with Crippen molar-refractivity contribution in [2.45, 2.75) is 19.4 Å². The molecule has 0 heterocycles. The zero-order valence-corrected chi connectivity index (χ0v) is 11.3. The van der Waals surface area contributed by atoms with Crippen LogP contribution in [-0.2, 0) is 9.84 Å². The fourth-order valence-electron chi connectivity index (χ4n) is 1.51. The Balaban J connectivity index is 2.62. The predicted octanol–water partition coefficient (Wildman–Crippen LogP) is 1.66. The van der Waals surface area contributed by atoms with E-state index in [1.165, 1.54) is 24.5 Å². The summed E-state index contributed by atoms with van der Waals surface area (Å²) in [6.45, 7) is 2.00. The van der Waals surface area contributed by atoms with Crippen molar-refractivity contribution in [3.8, 4) is 5.75 Å². The lowest BCUT2D eigenvalue weighted by Crippen LogP contribution is -2.11. The molecule has 1 unspecified atom stereocenters. The molecular weight excluding hydrogens is 257 g/mol. The first-order chi connectivity index (χ1) is 8.29. The van der Waals surface area contributed by atoms with Gasteiger partial charge in [0, 0.05) is 17.9 Å². The Bertz CT molecular complexity index is 500. The van der Waals surface area contributed by atoms with E-state index in [-0.39, 0.29) is 24.2 Å². The summed E-state index contributed by atoms with van der Waals surface area (Å²) in [4.78, 5) is 0. The summed E-state index contributed by atoms with van der Waals surface area (Å²) in [5.41, 5.74) is 6.29. The van der Waals surface area contributed by atoms with Crippen molar-refractivity contribution in [3.63, 3.8) is 0 Å². The van der Waals surface area contributed by atoms with Crippen LogP contribution in [0.25, 0.3) is 0 Å². The number of halogens is 1. The molecule has 0 saturated heterocycles. The highest BCUT2D eigenvalue weighted by Crippen LogP contribution is 2.24. The van der Waals surface area contributed by atoms with E-state index in [2.05, 4.69) is 0 Å². The Labute approximate surface area is 107 Å². The Morgan fingerprint density at radius 1 is 1.44 bits per heavy atom. The SMILES string of the molecule is CC(N)c1cc(F)ccc1OCCCS(C)(=O)=O. The maximum atomic E-state index is 13.1. The van der Waals surface area contributed by atoms with Crippen molar-refractivity contribution in [1.29, 1.82) is 0 Å². The van der Waals surface area contributed by atoms with Gasteiger partial charge in [0.25, 0.3) is 0 Å². The monoisotopic (exact) mass is 275 g/mol. The molecule has 0 saturated carbocycles. The molecule has 0 spiro atoms. The summed E-state index contributed by atoms with van der Waals surface area (Å²) in [6, 6.07) is 3.79. The minimum Gasteiger partial charge on any atom is -0.493 e. The number of nitrogens with two attached hydrogens (primary N) is 1. The van der Waals surface area contributed by atoms with Crippen molar-refractivity contribution in [2.24, 2.45) is 5.73 Å². The molecule has 1 rings (SSSR count). The minimum absolute atomic E-state index is 0.0711. The van der Waals surface area contributed by atoms with Gasteiger partial charge < -0.3 is 10.5 Å². The highest BCUT2D eigenvalue weighted by molar-refractivity contribution is 7.90. The van der Waals surface area contributed by atoms with Crippen LogP contribution >= 0.6 is 0 Å². The minimum atomic E-state index is -2.98. The van der Waals surface area contributed by atoms with E-state index >= 15 is 0 Å². The van der Waals surface area contributed by atoms with Gasteiger partial charge in [-0.2, -0.15) is 0 Å². The molecule has 6 heteroatoms. The molecule has 1 atom stereocenters. The Kier molecular flexibility index (Phi) is 5.10. The third kappa shape index (κ3) is 5.01. The van der Waals surface area contributed by atoms with Gasteiger partial charge in [-0.3, -0.25) is 0 Å².